The van der Waals surface area contributed by atoms with Crippen molar-refractivity contribution < 1.29 is 14.3 Å². The molecule has 2 atom stereocenters. The fourth-order valence-electron chi connectivity index (χ4n) is 1.63. The molecule has 0 aromatic carbocycles. The zero-order valence-electron chi connectivity index (χ0n) is 7.00. The molecule has 1 aliphatic carbocycles. The van der Waals surface area contributed by atoms with E-state index in [9.17, 15) is 4.79 Å². The van der Waals surface area contributed by atoms with Crippen LogP contribution in [0.5, 0.6) is 0 Å². The van der Waals surface area contributed by atoms with Gasteiger partial charge in [-0.1, -0.05) is 0 Å². The zero-order valence-corrected chi connectivity index (χ0v) is 7.00. The first-order valence-electron chi connectivity index (χ1n) is 3.90. The molecular formula is C8H14O3. The van der Waals surface area contributed by atoms with Crippen LogP contribution >= 0.6 is 0 Å². The van der Waals surface area contributed by atoms with Crippen LogP contribution in [0.25, 0.3) is 0 Å². The predicted octanol–water partition coefficient (Wildman–Crippen LogP) is 0.974. The normalized spacial score (nSPS) is 30.4. The summed E-state index contributed by atoms with van der Waals surface area (Å²) in [4.78, 5) is 11.1. The lowest BCUT2D eigenvalue weighted by atomic mass is 10.1. The molecule has 1 saturated carbocycles. The molecule has 0 unspecified atom stereocenters. The minimum Gasteiger partial charge on any atom is -0.469 e. The van der Waals surface area contributed by atoms with Gasteiger partial charge >= 0.3 is 5.97 Å². The Kier molecular flexibility index (Phi) is 2.88. The Balaban J connectivity index is 2.49. The molecule has 0 aromatic rings. The zero-order chi connectivity index (χ0) is 8.27. The van der Waals surface area contributed by atoms with E-state index in [4.69, 9.17) is 4.74 Å². The van der Waals surface area contributed by atoms with E-state index in [-0.39, 0.29) is 18.0 Å². The average molecular weight is 158 g/mol. The first-order valence-corrected chi connectivity index (χ1v) is 3.90. The Morgan fingerprint density at radius 1 is 1.36 bits per heavy atom. The molecule has 0 N–H and O–H groups in total. The molecule has 1 rings (SSSR count). The number of rotatable bonds is 2. The van der Waals surface area contributed by atoms with Gasteiger partial charge in [0.25, 0.3) is 0 Å². The molecule has 0 spiro atoms. The van der Waals surface area contributed by atoms with Gasteiger partial charge in [0, 0.05) is 7.11 Å². The van der Waals surface area contributed by atoms with E-state index in [1.165, 1.54) is 7.11 Å². The summed E-state index contributed by atoms with van der Waals surface area (Å²) in [5.41, 5.74) is 0. The summed E-state index contributed by atoms with van der Waals surface area (Å²) in [5.74, 6) is -0.153. The highest BCUT2D eigenvalue weighted by Gasteiger charge is 2.33. The van der Waals surface area contributed by atoms with Gasteiger partial charge in [-0.2, -0.15) is 0 Å². The number of esters is 1. The SMILES string of the molecule is COC(=O)[C@@H]1CCC[C@H]1OC. The van der Waals surface area contributed by atoms with Crippen LogP contribution in [0.2, 0.25) is 0 Å². The molecule has 64 valence electrons. The van der Waals surface area contributed by atoms with Crippen molar-refractivity contribution >= 4 is 5.97 Å². The number of ether oxygens (including phenoxy) is 2. The highest BCUT2D eigenvalue weighted by atomic mass is 16.5. The van der Waals surface area contributed by atoms with Gasteiger partial charge in [-0.3, -0.25) is 4.79 Å². The molecule has 0 aliphatic heterocycles. The topological polar surface area (TPSA) is 35.5 Å². The van der Waals surface area contributed by atoms with Gasteiger partial charge in [0.15, 0.2) is 0 Å². The van der Waals surface area contributed by atoms with Crippen molar-refractivity contribution in [3.8, 4) is 0 Å². The number of carbonyl (C=O) groups is 1. The van der Waals surface area contributed by atoms with Crippen molar-refractivity contribution in [3.63, 3.8) is 0 Å². The second-order valence-electron chi connectivity index (χ2n) is 2.83. The highest BCUT2D eigenvalue weighted by molar-refractivity contribution is 5.73. The van der Waals surface area contributed by atoms with Crippen molar-refractivity contribution in [1.29, 1.82) is 0 Å². The van der Waals surface area contributed by atoms with Crippen molar-refractivity contribution in [2.75, 3.05) is 14.2 Å². The number of hydrogen-bond donors (Lipinski definition) is 0. The third-order valence-corrected chi connectivity index (χ3v) is 2.26. The standard InChI is InChI=1S/C8H14O3/c1-10-7-5-3-4-6(7)8(9)11-2/h6-7H,3-5H2,1-2H3/t6-,7-/m1/s1. The van der Waals surface area contributed by atoms with Gasteiger partial charge in [-0.25, -0.2) is 0 Å². The van der Waals surface area contributed by atoms with Crippen LogP contribution in [0.15, 0.2) is 0 Å². The van der Waals surface area contributed by atoms with E-state index in [2.05, 4.69) is 4.74 Å². The van der Waals surface area contributed by atoms with Gasteiger partial charge in [-0.05, 0) is 19.3 Å². The molecule has 0 radical (unpaired) electrons. The van der Waals surface area contributed by atoms with Crippen LogP contribution in [0.1, 0.15) is 19.3 Å². The van der Waals surface area contributed by atoms with Gasteiger partial charge in [0.1, 0.15) is 0 Å². The molecule has 0 saturated heterocycles. The van der Waals surface area contributed by atoms with Crippen LogP contribution < -0.4 is 0 Å². The van der Waals surface area contributed by atoms with Crippen molar-refractivity contribution in [2.24, 2.45) is 5.92 Å². The Morgan fingerprint density at radius 2 is 2.09 bits per heavy atom. The van der Waals surface area contributed by atoms with Gasteiger partial charge in [-0.15, -0.1) is 0 Å². The summed E-state index contributed by atoms with van der Waals surface area (Å²) in [6, 6.07) is 0. The summed E-state index contributed by atoms with van der Waals surface area (Å²) in [6.07, 6.45) is 3.04. The fourth-order valence-corrected chi connectivity index (χ4v) is 1.63. The van der Waals surface area contributed by atoms with E-state index in [0.29, 0.717) is 0 Å². The molecule has 3 heteroatoms. The maximum atomic E-state index is 11.1. The Bertz CT molecular complexity index is 144. The smallest absolute Gasteiger partial charge is 0.311 e. The largest absolute Gasteiger partial charge is 0.469 e. The monoisotopic (exact) mass is 158 g/mol. The Hall–Kier alpha value is -0.570. The fraction of sp³-hybridized carbons (Fsp3) is 0.875. The summed E-state index contributed by atoms with van der Waals surface area (Å²) < 4.78 is 9.79. The summed E-state index contributed by atoms with van der Waals surface area (Å²) in [6.45, 7) is 0. The summed E-state index contributed by atoms with van der Waals surface area (Å²) >= 11 is 0. The molecule has 11 heavy (non-hydrogen) atoms. The van der Waals surface area contributed by atoms with Gasteiger partial charge in [0.05, 0.1) is 19.1 Å². The number of carbonyl (C=O) groups excluding carboxylic acids is 1. The van der Waals surface area contributed by atoms with E-state index in [0.717, 1.165) is 19.3 Å². The third kappa shape index (κ3) is 1.71. The Labute approximate surface area is 66.7 Å². The van der Waals surface area contributed by atoms with Crippen molar-refractivity contribution in [3.05, 3.63) is 0 Å². The predicted molar refractivity (Wildman–Crippen MR) is 40.2 cm³/mol. The van der Waals surface area contributed by atoms with Crippen LogP contribution in [0, 0.1) is 5.92 Å². The third-order valence-electron chi connectivity index (χ3n) is 2.26. The number of methoxy groups -OCH3 is 2. The van der Waals surface area contributed by atoms with E-state index in [1.807, 2.05) is 0 Å². The van der Waals surface area contributed by atoms with Crippen LogP contribution in [-0.4, -0.2) is 26.3 Å². The first-order chi connectivity index (χ1) is 5.29. The summed E-state index contributed by atoms with van der Waals surface area (Å²) in [7, 11) is 3.07. The van der Waals surface area contributed by atoms with E-state index in [1.54, 1.807) is 7.11 Å². The van der Waals surface area contributed by atoms with Crippen LogP contribution in [0.3, 0.4) is 0 Å². The van der Waals surface area contributed by atoms with E-state index >= 15 is 0 Å². The summed E-state index contributed by atoms with van der Waals surface area (Å²) in [5, 5.41) is 0. The van der Waals surface area contributed by atoms with Crippen molar-refractivity contribution in [2.45, 2.75) is 25.4 Å². The first kappa shape index (κ1) is 8.53. The molecule has 1 aliphatic rings. The maximum absolute atomic E-state index is 11.1. The second-order valence-corrected chi connectivity index (χ2v) is 2.83. The Morgan fingerprint density at radius 3 is 2.64 bits per heavy atom. The van der Waals surface area contributed by atoms with Gasteiger partial charge in [0.2, 0.25) is 0 Å². The lowest BCUT2D eigenvalue weighted by molar-refractivity contribution is -0.149. The van der Waals surface area contributed by atoms with Gasteiger partial charge < -0.3 is 9.47 Å². The van der Waals surface area contributed by atoms with Crippen molar-refractivity contribution in [1.82, 2.24) is 0 Å². The molecule has 1 fully saturated rings. The second kappa shape index (κ2) is 3.72. The molecular weight excluding hydrogens is 144 g/mol. The van der Waals surface area contributed by atoms with Crippen LogP contribution in [-0.2, 0) is 14.3 Å². The minimum atomic E-state index is -0.130. The lowest BCUT2D eigenvalue weighted by Gasteiger charge is -2.14. The quantitative estimate of drug-likeness (QED) is 0.562. The molecule has 0 bridgehead atoms. The average Bonchev–Trinajstić information content (AvgIpc) is 2.50. The lowest BCUT2D eigenvalue weighted by Crippen LogP contribution is -2.25. The molecule has 0 amide bonds. The molecule has 0 aromatic heterocycles. The highest BCUT2D eigenvalue weighted by Crippen LogP contribution is 2.28. The van der Waals surface area contributed by atoms with Crippen LogP contribution in [0.4, 0.5) is 0 Å². The maximum Gasteiger partial charge on any atom is 0.311 e. The molecule has 3 nitrogen and oxygen atoms in total. The van der Waals surface area contributed by atoms with E-state index < -0.39 is 0 Å². The number of hydrogen-bond acceptors (Lipinski definition) is 3. The minimum absolute atomic E-state index is 0.0231. The molecule has 0 heterocycles.